The molecule has 130 valence electrons. The van der Waals surface area contributed by atoms with Crippen LogP contribution in [0.2, 0.25) is 0 Å². The lowest BCUT2D eigenvalue weighted by Gasteiger charge is -2.24. The lowest BCUT2D eigenvalue weighted by Crippen LogP contribution is -2.32. The van der Waals surface area contributed by atoms with Gasteiger partial charge in [-0.2, -0.15) is 0 Å². The zero-order valence-corrected chi connectivity index (χ0v) is 14.4. The second kappa shape index (κ2) is 5.88. The normalized spacial score (nSPS) is 23.6. The summed E-state index contributed by atoms with van der Waals surface area (Å²) < 4.78 is 23.1. The molecule has 1 aromatic carbocycles. The Kier molecular flexibility index (Phi) is 4.15. The van der Waals surface area contributed by atoms with E-state index < -0.39 is 15.8 Å². The van der Waals surface area contributed by atoms with E-state index in [0.717, 1.165) is 12.0 Å². The van der Waals surface area contributed by atoms with Crippen LogP contribution in [-0.4, -0.2) is 48.9 Å². The molecule has 1 saturated carbocycles. The van der Waals surface area contributed by atoms with Gasteiger partial charge in [-0.05, 0) is 42.4 Å². The molecule has 1 atom stereocenters. The van der Waals surface area contributed by atoms with Gasteiger partial charge >= 0.3 is 5.97 Å². The summed E-state index contributed by atoms with van der Waals surface area (Å²) in [5.74, 6) is -0.611. The van der Waals surface area contributed by atoms with Crippen LogP contribution in [0.5, 0.6) is 0 Å². The van der Waals surface area contributed by atoms with Crippen molar-refractivity contribution < 1.29 is 23.1 Å². The van der Waals surface area contributed by atoms with Crippen LogP contribution in [0.1, 0.15) is 35.2 Å². The minimum atomic E-state index is -2.92. The minimum absolute atomic E-state index is 0.0524. The van der Waals surface area contributed by atoms with Gasteiger partial charge in [-0.25, -0.2) is 13.2 Å². The van der Waals surface area contributed by atoms with Gasteiger partial charge in [-0.1, -0.05) is 12.1 Å². The van der Waals surface area contributed by atoms with Crippen LogP contribution in [0.15, 0.2) is 24.3 Å². The van der Waals surface area contributed by atoms with Gasteiger partial charge in [0.2, 0.25) is 5.91 Å². The Hall–Kier alpha value is -1.89. The van der Waals surface area contributed by atoms with E-state index in [1.165, 1.54) is 12.1 Å². The van der Waals surface area contributed by atoms with Gasteiger partial charge in [0, 0.05) is 19.5 Å². The number of aromatic carboxylic acids is 1. The Balaban J connectivity index is 1.59. The average molecular weight is 351 g/mol. The number of carboxylic acids is 1. The van der Waals surface area contributed by atoms with Gasteiger partial charge in [0.1, 0.15) is 9.84 Å². The van der Waals surface area contributed by atoms with Crippen LogP contribution in [0, 0.1) is 11.3 Å². The maximum atomic E-state index is 12.6. The maximum absolute atomic E-state index is 12.6. The first-order chi connectivity index (χ1) is 11.2. The fourth-order valence-electron chi connectivity index (χ4n) is 3.56. The number of nitrogens with zero attached hydrogens (tertiary/aromatic N) is 1. The summed E-state index contributed by atoms with van der Waals surface area (Å²) in [4.78, 5) is 25.1. The van der Waals surface area contributed by atoms with Gasteiger partial charge in [0.15, 0.2) is 0 Å². The quantitative estimate of drug-likeness (QED) is 0.889. The SMILES string of the molecule is CN(Cc1ccc(C(=O)O)cc1)C(=O)C1CC12CCS(=O)(=O)CC2. The average Bonchev–Trinajstić information content (AvgIpc) is 3.25. The van der Waals surface area contributed by atoms with E-state index in [0.29, 0.717) is 19.4 Å². The Morgan fingerprint density at radius 3 is 2.33 bits per heavy atom. The van der Waals surface area contributed by atoms with Crippen molar-refractivity contribution in [2.24, 2.45) is 11.3 Å². The molecule has 2 fully saturated rings. The monoisotopic (exact) mass is 351 g/mol. The first-order valence-electron chi connectivity index (χ1n) is 8.00. The molecule has 1 unspecified atom stereocenters. The predicted octanol–water partition coefficient (Wildman–Crippen LogP) is 1.56. The second-order valence-corrected chi connectivity index (χ2v) is 9.27. The zero-order chi connectivity index (χ0) is 17.5. The highest BCUT2D eigenvalue weighted by atomic mass is 32.2. The van der Waals surface area contributed by atoms with Gasteiger partial charge < -0.3 is 10.0 Å². The molecule has 1 aromatic rings. The number of carbonyl (C=O) groups is 2. The van der Waals surface area contributed by atoms with Crippen molar-refractivity contribution in [3.8, 4) is 0 Å². The fraction of sp³-hybridized carbons (Fsp3) is 0.529. The van der Waals surface area contributed by atoms with Crippen molar-refractivity contribution in [1.29, 1.82) is 0 Å². The van der Waals surface area contributed by atoms with E-state index in [2.05, 4.69) is 0 Å². The third-order valence-corrected chi connectivity index (χ3v) is 6.96. The summed E-state index contributed by atoms with van der Waals surface area (Å²) >= 11 is 0. The van der Waals surface area contributed by atoms with E-state index >= 15 is 0 Å². The van der Waals surface area contributed by atoms with Gasteiger partial charge in [-0.15, -0.1) is 0 Å². The molecule has 1 amide bonds. The van der Waals surface area contributed by atoms with E-state index in [1.54, 1.807) is 24.1 Å². The Morgan fingerprint density at radius 1 is 1.21 bits per heavy atom. The third kappa shape index (κ3) is 3.31. The van der Waals surface area contributed by atoms with Crippen LogP contribution < -0.4 is 0 Å². The van der Waals surface area contributed by atoms with Crippen molar-refractivity contribution >= 4 is 21.7 Å². The van der Waals surface area contributed by atoms with E-state index in [1.807, 2.05) is 0 Å². The number of amides is 1. The molecule has 6 nitrogen and oxygen atoms in total. The predicted molar refractivity (Wildman–Crippen MR) is 88.3 cm³/mol. The topological polar surface area (TPSA) is 91.8 Å². The molecular formula is C17H21NO5S. The molecule has 1 spiro atoms. The first kappa shape index (κ1) is 17.0. The molecule has 1 saturated heterocycles. The van der Waals surface area contributed by atoms with E-state index in [9.17, 15) is 18.0 Å². The Labute approximate surface area is 141 Å². The molecule has 0 aromatic heterocycles. The van der Waals surface area contributed by atoms with Gasteiger partial charge in [0.05, 0.1) is 17.1 Å². The summed E-state index contributed by atoms with van der Waals surface area (Å²) in [6.07, 6.45) is 1.96. The number of sulfone groups is 1. The smallest absolute Gasteiger partial charge is 0.335 e. The number of benzene rings is 1. The van der Waals surface area contributed by atoms with Gasteiger partial charge in [-0.3, -0.25) is 4.79 Å². The van der Waals surface area contributed by atoms with Crippen LogP contribution in [-0.2, 0) is 21.2 Å². The molecule has 1 aliphatic heterocycles. The third-order valence-electron chi connectivity index (χ3n) is 5.31. The van der Waals surface area contributed by atoms with Crippen molar-refractivity contribution in [2.45, 2.75) is 25.8 Å². The Morgan fingerprint density at radius 2 is 1.79 bits per heavy atom. The highest BCUT2D eigenvalue weighted by Crippen LogP contribution is 2.60. The molecule has 1 heterocycles. The van der Waals surface area contributed by atoms with Gasteiger partial charge in [0.25, 0.3) is 0 Å². The lowest BCUT2D eigenvalue weighted by molar-refractivity contribution is -0.132. The van der Waals surface area contributed by atoms with Crippen LogP contribution in [0.4, 0.5) is 0 Å². The van der Waals surface area contributed by atoms with Crippen molar-refractivity contribution in [2.75, 3.05) is 18.6 Å². The molecule has 24 heavy (non-hydrogen) atoms. The number of carboxylic acid groups (broad SMARTS) is 1. The van der Waals surface area contributed by atoms with E-state index in [-0.39, 0.29) is 34.3 Å². The first-order valence-corrected chi connectivity index (χ1v) is 9.82. The number of hydrogen-bond donors (Lipinski definition) is 1. The summed E-state index contributed by atoms with van der Waals surface area (Å²) in [6.45, 7) is 0.420. The molecule has 3 rings (SSSR count). The van der Waals surface area contributed by atoms with Crippen molar-refractivity contribution in [3.05, 3.63) is 35.4 Å². The highest BCUT2D eigenvalue weighted by Gasteiger charge is 2.59. The van der Waals surface area contributed by atoms with Crippen LogP contribution in [0.25, 0.3) is 0 Å². The largest absolute Gasteiger partial charge is 0.478 e. The molecule has 2 aliphatic rings. The van der Waals surface area contributed by atoms with E-state index in [4.69, 9.17) is 5.11 Å². The molecule has 1 aliphatic carbocycles. The highest BCUT2D eigenvalue weighted by molar-refractivity contribution is 7.91. The number of carbonyl (C=O) groups excluding carboxylic acids is 1. The summed E-state index contributed by atoms with van der Waals surface area (Å²) in [6, 6.07) is 6.48. The zero-order valence-electron chi connectivity index (χ0n) is 13.6. The minimum Gasteiger partial charge on any atom is -0.478 e. The summed E-state index contributed by atoms with van der Waals surface area (Å²) in [5, 5.41) is 8.90. The fourth-order valence-corrected chi connectivity index (χ4v) is 5.20. The lowest BCUT2D eigenvalue weighted by atomic mass is 9.96. The molecule has 1 N–H and O–H groups in total. The standard InChI is InChI=1S/C17H21NO5S/c1-18(11-12-2-4-13(5-3-12)16(20)21)15(19)14-10-17(14)6-8-24(22,23)9-7-17/h2-5,14H,6-11H2,1H3,(H,20,21). The second-order valence-electron chi connectivity index (χ2n) is 6.97. The molecule has 0 bridgehead atoms. The molecule has 0 radical (unpaired) electrons. The Bertz CT molecular complexity index is 755. The van der Waals surface area contributed by atoms with Crippen molar-refractivity contribution in [3.63, 3.8) is 0 Å². The van der Waals surface area contributed by atoms with Crippen LogP contribution in [0.3, 0.4) is 0 Å². The molecule has 7 heteroatoms. The number of hydrogen-bond acceptors (Lipinski definition) is 4. The maximum Gasteiger partial charge on any atom is 0.335 e. The van der Waals surface area contributed by atoms with Crippen molar-refractivity contribution in [1.82, 2.24) is 4.90 Å². The number of rotatable bonds is 4. The molecular weight excluding hydrogens is 330 g/mol. The van der Waals surface area contributed by atoms with Crippen LogP contribution >= 0.6 is 0 Å². The summed E-state index contributed by atoms with van der Waals surface area (Å²) in [7, 11) is -1.18. The summed E-state index contributed by atoms with van der Waals surface area (Å²) in [5.41, 5.74) is 0.984.